The molecule has 2 aromatic heterocycles. The Morgan fingerprint density at radius 1 is 1.03 bits per heavy atom. The number of nitrogens with one attached hydrogen (secondary N) is 1. The fraction of sp³-hybridized carbons (Fsp3) is 0.231. The van der Waals surface area contributed by atoms with E-state index >= 15 is 0 Å². The SMILES string of the molecule is C=c1[nH]/c(=C\c2c3ccccc3c(-c3c(C)cc(C)cc3C)n2B(F)F)c(C)c1CC. The van der Waals surface area contributed by atoms with Crippen LogP contribution in [0.2, 0.25) is 0 Å². The van der Waals surface area contributed by atoms with Crippen molar-refractivity contribution in [2.75, 3.05) is 0 Å². The van der Waals surface area contributed by atoms with E-state index in [0.717, 1.165) is 61.3 Å². The average Bonchev–Trinajstić information content (AvgIpc) is 3.16. The van der Waals surface area contributed by atoms with Gasteiger partial charge in [0.15, 0.2) is 0 Å². The van der Waals surface area contributed by atoms with Crippen molar-refractivity contribution in [1.82, 2.24) is 9.46 Å². The van der Waals surface area contributed by atoms with Crippen LogP contribution >= 0.6 is 0 Å². The summed E-state index contributed by atoms with van der Waals surface area (Å²) in [5.41, 5.74) is 7.27. The molecule has 0 amide bonds. The molecule has 158 valence electrons. The predicted octanol–water partition coefficient (Wildman–Crippen LogP) is 5.44. The van der Waals surface area contributed by atoms with Crippen LogP contribution in [0.5, 0.6) is 0 Å². The third-order valence-electron chi connectivity index (χ3n) is 6.21. The van der Waals surface area contributed by atoms with Crippen LogP contribution in [0.4, 0.5) is 8.63 Å². The van der Waals surface area contributed by atoms with Gasteiger partial charge < -0.3 is 9.46 Å². The van der Waals surface area contributed by atoms with Gasteiger partial charge in [0.2, 0.25) is 0 Å². The number of fused-ring (bicyclic) bond motifs is 1. The normalized spacial score (nSPS) is 12.2. The molecule has 2 aromatic carbocycles. The Labute approximate surface area is 182 Å². The minimum absolute atomic E-state index is 0.506. The maximum absolute atomic E-state index is 14.6. The molecular formula is C26H27BF2N2. The van der Waals surface area contributed by atoms with E-state index in [4.69, 9.17) is 0 Å². The minimum Gasteiger partial charge on any atom is -0.355 e. The Bertz CT molecular complexity index is 1390. The van der Waals surface area contributed by atoms with Crippen LogP contribution in [0, 0.1) is 27.7 Å². The quantitative estimate of drug-likeness (QED) is 0.428. The van der Waals surface area contributed by atoms with Crippen molar-refractivity contribution in [3.05, 3.63) is 80.6 Å². The summed E-state index contributed by atoms with van der Waals surface area (Å²) in [5.74, 6) is 0. The van der Waals surface area contributed by atoms with Gasteiger partial charge in [-0.3, -0.25) is 8.63 Å². The summed E-state index contributed by atoms with van der Waals surface area (Å²) in [4.78, 5) is 3.30. The van der Waals surface area contributed by atoms with Crippen molar-refractivity contribution in [3.8, 4) is 11.3 Å². The molecule has 4 aromatic rings. The lowest BCUT2D eigenvalue weighted by molar-refractivity contribution is 0.631. The largest absolute Gasteiger partial charge is 0.678 e. The number of hydrogen-bond acceptors (Lipinski definition) is 0. The average molecular weight is 416 g/mol. The molecule has 0 bridgehead atoms. The van der Waals surface area contributed by atoms with E-state index in [1.165, 1.54) is 4.48 Å². The van der Waals surface area contributed by atoms with Gasteiger partial charge in [-0.1, -0.05) is 55.5 Å². The highest BCUT2D eigenvalue weighted by Gasteiger charge is 2.29. The first-order valence-electron chi connectivity index (χ1n) is 10.6. The molecule has 0 spiro atoms. The highest BCUT2D eigenvalue weighted by Crippen LogP contribution is 2.38. The van der Waals surface area contributed by atoms with E-state index in [1.807, 2.05) is 58.0 Å². The fourth-order valence-electron chi connectivity index (χ4n) is 4.93. The van der Waals surface area contributed by atoms with Crippen LogP contribution < -0.4 is 10.7 Å². The molecule has 31 heavy (non-hydrogen) atoms. The van der Waals surface area contributed by atoms with Gasteiger partial charge in [0.05, 0.1) is 0 Å². The van der Waals surface area contributed by atoms with E-state index in [1.54, 1.807) is 0 Å². The fourth-order valence-corrected chi connectivity index (χ4v) is 4.93. The zero-order chi connectivity index (χ0) is 22.4. The number of aromatic nitrogens is 2. The van der Waals surface area contributed by atoms with E-state index in [0.29, 0.717) is 11.4 Å². The summed E-state index contributed by atoms with van der Waals surface area (Å²) in [6.07, 6.45) is 2.69. The molecule has 0 saturated heterocycles. The van der Waals surface area contributed by atoms with E-state index < -0.39 is 7.40 Å². The smallest absolute Gasteiger partial charge is 0.355 e. The molecule has 0 atom stereocenters. The number of halogens is 2. The topological polar surface area (TPSA) is 20.7 Å². The number of benzene rings is 2. The maximum atomic E-state index is 14.6. The third-order valence-corrected chi connectivity index (χ3v) is 6.21. The van der Waals surface area contributed by atoms with E-state index in [9.17, 15) is 8.63 Å². The summed E-state index contributed by atoms with van der Waals surface area (Å²) in [6, 6.07) is 11.8. The van der Waals surface area contributed by atoms with Crippen LogP contribution in [0.25, 0.3) is 34.7 Å². The van der Waals surface area contributed by atoms with Crippen molar-refractivity contribution in [2.45, 2.75) is 41.0 Å². The highest BCUT2D eigenvalue weighted by molar-refractivity contribution is 6.43. The lowest BCUT2D eigenvalue weighted by atomic mass is 9.94. The molecule has 0 aliphatic heterocycles. The van der Waals surface area contributed by atoms with Crippen LogP contribution in [-0.2, 0) is 6.42 Å². The summed E-state index contributed by atoms with van der Waals surface area (Å²) in [7, 11) is -2.67. The van der Waals surface area contributed by atoms with Gasteiger partial charge in [-0.05, 0) is 62.4 Å². The zero-order valence-corrected chi connectivity index (χ0v) is 18.7. The standard InChI is InChI=1S/C26H27BF2N2/c1-7-20-18(5)23(30-19(20)6)14-24-21-10-8-9-11-22(21)26(31(24)27(28)29)25-16(3)12-15(2)13-17(25)4/h8-14,30H,6-7H2,1-5H3/b23-14-. The second kappa shape index (κ2) is 7.88. The van der Waals surface area contributed by atoms with Gasteiger partial charge in [0, 0.05) is 38.4 Å². The van der Waals surface area contributed by atoms with Crippen LogP contribution in [0.15, 0.2) is 36.4 Å². The first kappa shape index (κ1) is 21.2. The summed E-state index contributed by atoms with van der Waals surface area (Å²) in [5, 5.41) is 3.32. The van der Waals surface area contributed by atoms with Gasteiger partial charge in [0.25, 0.3) is 0 Å². The molecule has 2 heterocycles. The molecule has 0 aliphatic carbocycles. The van der Waals surface area contributed by atoms with Gasteiger partial charge in [-0.2, -0.15) is 0 Å². The second-order valence-electron chi connectivity index (χ2n) is 8.32. The van der Waals surface area contributed by atoms with Crippen molar-refractivity contribution in [1.29, 1.82) is 0 Å². The Morgan fingerprint density at radius 3 is 2.19 bits per heavy atom. The number of rotatable bonds is 4. The van der Waals surface area contributed by atoms with Crippen molar-refractivity contribution < 1.29 is 8.63 Å². The summed E-state index contributed by atoms with van der Waals surface area (Å²) in [6.45, 7) is 14.2. The molecular weight excluding hydrogens is 389 g/mol. The number of aryl methyl sites for hydroxylation is 3. The molecule has 4 rings (SSSR count). The van der Waals surface area contributed by atoms with Crippen LogP contribution in [0.1, 0.15) is 40.4 Å². The number of nitrogens with zero attached hydrogens (tertiary/aromatic N) is 1. The molecule has 2 nitrogen and oxygen atoms in total. The van der Waals surface area contributed by atoms with Crippen molar-refractivity contribution in [3.63, 3.8) is 0 Å². The molecule has 5 heteroatoms. The zero-order valence-electron chi connectivity index (χ0n) is 18.7. The Morgan fingerprint density at radius 2 is 1.65 bits per heavy atom. The second-order valence-corrected chi connectivity index (χ2v) is 8.32. The molecule has 0 saturated carbocycles. The van der Waals surface area contributed by atoms with Gasteiger partial charge >= 0.3 is 7.40 Å². The molecule has 0 radical (unpaired) electrons. The lowest BCUT2D eigenvalue weighted by Crippen LogP contribution is -2.18. The predicted molar refractivity (Wildman–Crippen MR) is 128 cm³/mol. The van der Waals surface area contributed by atoms with Crippen LogP contribution in [0.3, 0.4) is 0 Å². The summed E-state index contributed by atoms with van der Waals surface area (Å²) >= 11 is 0. The Balaban J connectivity index is 2.16. The minimum atomic E-state index is -2.67. The third kappa shape index (κ3) is 3.42. The first-order valence-corrected chi connectivity index (χ1v) is 10.6. The van der Waals surface area contributed by atoms with Gasteiger partial charge in [0.1, 0.15) is 0 Å². The van der Waals surface area contributed by atoms with Crippen molar-refractivity contribution >= 4 is 30.8 Å². The lowest BCUT2D eigenvalue weighted by Gasteiger charge is -2.15. The molecule has 0 aliphatic rings. The highest BCUT2D eigenvalue weighted by atomic mass is 19.2. The number of hydrogen-bond donors (Lipinski definition) is 1. The van der Waals surface area contributed by atoms with Gasteiger partial charge in [-0.25, -0.2) is 0 Å². The van der Waals surface area contributed by atoms with Crippen LogP contribution in [-0.4, -0.2) is 16.9 Å². The molecule has 0 unspecified atom stereocenters. The van der Waals surface area contributed by atoms with E-state index in [-0.39, 0.29) is 0 Å². The monoisotopic (exact) mass is 416 g/mol. The Hall–Kier alpha value is -3.08. The Kier molecular flexibility index (Phi) is 5.38. The summed E-state index contributed by atoms with van der Waals surface area (Å²) < 4.78 is 30.4. The number of H-pyrrole nitrogens is 1. The van der Waals surface area contributed by atoms with Crippen molar-refractivity contribution in [2.24, 2.45) is 0 Å². The maximum Gasteiger partial charge on any atom is 0.678 e. The molecule has 0 fully saturated rings. The van der Waals surface area contributed by atoms with Gasteiger partial charge in [-0.15, -0.1) is 0 Å². The number of aromatic amines is 1. The van der Waals surface area contributed by atoms with E-state index in [2.05, 4.69) is 30.6 Å². The first-order chi connectivity index (χ1) is 14.7. The molecule has 1 N–H and O–H groups in total.